The van der Waals surface area contributed by atoms with E-state index in [0.29, 0.717) is 0 Å². The topological polar surface area (TPSA) is 107 Å². The molecule has 0 atom stereocenters. The molecule has 3 N–H and O–H groups in total. The molecule has 0 spiro atoms. The van der Waals surface area contributed by atoms with E-state index in [1.165, 1.54) is 0 Å². The van der Waals surface area contributed by atoms with E-state index >= 15 is 0 Å². The largest absolute Gasteiger partial charge is 2.00 e. The summed E-state index contributed by atoms with van der Waals surface area (Å²) in [5, 5.41) is 13.9. The van der Waals surface area contributed by atoms with Crippen molar-refractivity contribution in [1.82, 2.24) is 0 Å². The van der Waals surface area contributed by atoms with E-state index in [1.807, 2.05) is 0 Å². The Balaban J connectivity index is 0.00000256. The first-order valence-electron chi connectivity index (χ1n) is 3.81. The molecule has 6 nitrogen and oxygen atoms in total. The van der Waals surface area contributed by atoms with Gasteiger partial charge in [-0.15, -0.1) is 11.5 Å². The van der Waals surface area contributed by atoms with Gasteiger partial charge in [0.15, 0.2) is 0 Å². The van der Waals surface area contributed by atoms with Gasteiger partial charge in [0.2, 0.25) is 10.0 Å². The van der Waals surface area contributed by atoms with Gasteiger partial charge in [0.05, 0.1) is 0 Å². The molecule has 0 aliphatic rings. The zero-order chi connectivity index (χ0) is 12.3. The summed E-state index contributed by atoms with van der Waals surface area (Å²) in [6.07, 6.45) is 0. The van der Waals surface area contributed by atoms with E-state index < -0.39 is 22.0 Å². The molecule has 90 valence electrons. The van der Waals surface area contributed by atoms with Crippen LogP contribution in [0.15, 0.2) is 17.0 Å². The Morgan fingerprint density at radius 3 is 2.65 bits per heavy atom. The van der Waals surface area contributed by atoms with Crippen LogP contribution in [0.25, 0.3) is 0 Å². The van der Waals surface area contributed by atoms with Gasteiger partial charge in [-0.3, -0.25) is 0 Å². The third-order valence-electron chi connectivity index (χ3n) is 1.62. The van der Waals surface area contributed by atoms with Crippen molar-refractivity contribution in [2.45, 2.75) is 4.90 Å². The molecule has 17 heavy (non-hydrogen) atoms. The first-order chi connectivity index (χ1) is 7.36. The average molecular weight is 445 g/mol. The van der Waals surface area contributed by atoms with Crippen LogP contribution in [0.1, 0.15) is 0 Å². The summed E-state index contributed by atoms with van der Waals surface area (Å²) in [5.74, 6) is 0. The van der Waals surface area contributed by atoms with Crippen LogP contribution in [0.4, 0.5) is 0 Å². The van der Waals surface area contributed by atoms with Gasteiger partial charge in [-0.1, -0.05) is 11.5 Å². The van der Waals surface area contributed by atoms with Gasteiger partial charge in [-0.2, -0.15) is 23.7 Å². The van der Waals surface area contributed by atoms with Gasteiger partial charge in [0, 0.05) is 0 Å². The summed E-state index contributed by atoms with van der Waals surface area (Å²) in [6.45, 7) is 1.01. The summed E-state index contributed by atoms with van der Waals surface area (Å²) in [4.78, 5) is 9.46. The monoisotopic (exact) mass is 445 g/mol. The second-order valence-corrected chi connectivity index (χ2v) is 4.64. The molecule has 1 aromatic rings. The smallest absolute Gasteiger partial charge is 0.702 e. The summed E-state index contributed by atoms with van der Waals surface area (Å²) >= 11 is 5.57. The molecule has 0 aliphatic heterocycles. The van der Waals surface area contributed by atoms with E-state index in [2.05, 4.69) is 10.7 Å². The SMILES string of the molecule is NS(=O)(=O)c1cc(B(O)O[C-]=O)[c-]cc1Cl.[W+2]. The third-order valence-corrected chi connectivity index (χ3v) is 3.00. The average Bonchev–Trinajstić information content (AvgIpc) is 2.16. The van der Waals surface area contributed by atoms with E-state index in [-0.39, 0.29) is 31.6 Å². The van der Waals surface area contributed by atoms with E-state index in [4.69, 9.17) is 16.7 Å². The van der Waals surface area contributed by atoms with Crippen molar-refractivity contribution in [2.75, 3.05) is 0 Å². The Labute approximate surface area is 118 Å². The van der Waals surface area contributed by atoms with Gasteiger partial charge in [-0.25, -0.2) is 13.6 Å². The Hall–Kier alpha value is -0.397. The van der Waals surface area contributed by atoms with Crippen LogP contribution in [0.5, 0.6) is 0 Å². The fourth-order valence-corrected chi connectivity index (χ4v) is 1.99. The number of rotatable bonds is 4. The zero-order valence-electron chi connectivity index (χ0n) is 8.08. The quantitative estimate of drug-likeness (QED) is 0.436. The molecule has 0 radical (unpaired) electrons. The minimum atomic E-state index is -4.02. The normalized spacial score (nSPS) is 10.3. The van der Waals surface area contributed by atoms with Crippen molar-refractivity contribution >= 4 is 40.7 Å². The molecule has 0 unspecified atom stereocenters. The first-order valence-corrected chi connectivity index (χ1v) is 5.73. The summed E-state index contributed by atoms with van der Waals surface area (Å²) in [5.41, 5.74) is -0.100. The molecule has 10 heteroatoms. The maximum absolute atomic E-state index is 11.1. The second kappa shape index (κ2) is 6.51. The van der Waals surface area contributed by atoms with Gasteiger partial charge in [-0.05, 0) is 4.90 Å². The molecular weight excluding hydrogens is 440 g/mol. The van der Waals surface area contributed by atoms with Crippen molar-refractivity contribution in [2.24, 2.45) is 5.14 Å². The van der Waals surface area contributed by atoms with Crippen molar-refractivity contribution < 1.29 is 44.0 Å². The molecule has 0 fully saturated rings. The van der Waals surface area contributed by atoms with Crippen LogP contribution in [-0.4, -0.2) is 27.0 Å². The zero-order valence-corrected chi connectivity index (χ0v) is 12.6. The summed E-state index contributed by atoms with van der Waals surface area (Å²) < 4.78 is 26.2. The predicted molar refractivity (Wildman–Crippen MR) is 56.0 cm³/mol. The minimum Gasteiger partial charge on any atom is -0.702 e. The molecule has 1 aromatic carbocycles. The number of sulfonamides is 1. The van der Waals surface area contributed by atoms with Gasteiger partial charge >= 0.3 is 28.2 Å². The van der Waals surface area contributed by atoms with Gasteiger partial charge in [0.1, 0.15) is 0 Å². The van der Waals surface area contributed by atoms with Crippen molar-refractivity contribution in [1.29, 1.82) is 0 Å². The fraction of sp³-hybridized carbons (Fsp3) is 0. The number of carbonyl (C=O) groups excluding carboxylic acids is 1. The van der Waals surface area contributed by atoms with Crippen LogP contribution in [0, 0.1) is 6.07 Å². The summed E-state index contributed by atoms with van der Waals surface area (Å²) in [7, 11) is -5.69. The third kappa shape index (κ3) is 4.40. The van der Waals surface area contributed by atoms with Crippen LogP contribution < -0.4 is 10.6 Å². The number of hydrogen-bond acceptors (Lipinski definition) is 5. The Morgan fingerprint density at radius 2 is 2.18 bits per heavy atom. The molecule has 0 aliphatic carbocycles. The maximum Gasteiger partial charge on any atom is 2.00 e. The number of halogens is 1. The van der Waals surface area contributed by atoms with Crippen molar-refractivity contribution in [3.05, 3.63) is 23.2 Å². The molecular formula is C7H5BClNO5SW. The van der Waals surface area contributed by atoms with Crippen LogP contribution >= 0.6 is 11.6 Å². The van der Waals surface area contributed by atoms with E-state index in [1.54, 1.807) is 0 Å². The molecule has 0 aromatic heterocycles. The second-order valence-electron chi connectivity index (χ2n) is 2.70. The number of hydrogen-bond donors (Lipinski definition) is 2. The Morgan fingerprint density at radius 1 is 1.59 bits per heavy atom. The minimum absolute atomic E-state index is 0. The van der Waals surface area contributed by atoms with E-state index in [9.17, 15) is 18.2 Å². The number of primary sulfonamides is 1. The molecule has 1 rings (SSSR count). The standard InChI is InChI=1S/C7H5BClNO5S.W/c9-6-2-1-5(8(12)15-4-11)3-7(6)16(10,13)14;/h2-3,12H,(H2,10,13,14);/q-2;+2. The molecule has 0 amide bonds. The van der Waals surface area contributed by atoms with Gasteiger partial charge < -0.3 is 14.5 Å². The fourth-order valence-electron chi connectivity index (χ4n) is 0.939. The molecule has 0 saturated carbocycles. The van der Waals surface area contributed by atoms with Crippen LogP contribution in [0.3, 0.4) is 0 Å². The van der Waals surface area contributed by atoms with Gasteiger partial charge in [0.25, 0.3) is 0 Å². The van der Waals surface area contributed by atoms with Crippen LogP contribution in [-0.2, 0) is 40.5 Å². The molecule has 0 saturated heterocycles. The van der Waals surface area contributed by atoms with Crippen LogP contribution in [0.2, 0.25) is 5.02 Å². The summed E-state index contributed by atoms with van der Waals surface area (Å²) in [6, 6.07) is 4.48. The Kier molecular flexibility index (Phi) is 6.36. The predicted octanol–water partition coefficient (Wildman–Crippen LogP) is -1.44. The Bertz CT molecular complexity index is 511. The van der Waals surface area contributed by atoms with Crippen molar-refractivity contribution in [3.63, 3.8) is 0 Å². The number of nitrogens with two attached hydrogens (primary N) is 1. The molecule has 0 heterocycles. The number of benzene rings is 1. The molecule has 0 bridgehead atoms. The van der Waals surface area contributed by atoms with E-state index in [0.717, 1.165) is 18.6 Å². The van der Waals surface area contributed by atoms with Crippen molar-refractivity contribution in [3.8, 4) is 0 Å². The first kappa shape index (κ1) is 16.6. The maximum atomic E-state index is 11.1.